The van der Waals surface area contributed by atoms with E-state index in [9.17, 15) is 13.2 Å². The van der Waals surface area contributed by atoms with Gasteiger partial charge in [0.15, 0.2) is 0 Å². The highest BCUT2D eigenvalue weighted by Gasteiger charge is 2.29. The molecule has 1 aliphatic heterocycles. The minimum atomic E-state index is -3.46. The molecule has 1 aliphatic rings. The van der Waals surface area contributed by atoms with Crippen LogP contribution >= 0.6 is 11.3 Å². The van der Waals surface area contributed by atoms with Crippen LogP contribution in [0.1, 0.15) is 21.8 Å². The van der Waals surface area contributed by atoms with Crippen molar-refractivity contribution >= 4 is 27.3 Å². The van der Waals surface area contributed by atoms with Crippen molar-refractivity contribution < 1.29 is 13.2 Å². The Morgan fingerprint density at radius 2 is 2.00 bits per heavy atom. The molecule has 1 N–H and O–H groups in total. The number of aromatic amines is 1. The lowest BCUT2D eigenvalue weighted by molar-refractivity contribution is 0.0759. The number of thiophene rings is 1. The molecule has 1 fully saturated rings. The Balaban J connectivity index is 1.72. The van der Waals surface area contributed by atoms with E-state index in [1.54, 1.807) is 29.3 Å². The van der Waals surface area contributed by atoms with Gasteiger partial charge in [-0.3, -0.25) is 4.79 Å². The van der Waals surface area contributed by atoms with E-state index in [1.807, 2.05) is 13.0 Å². The zero-order valence-corrected chi connectivity index (χ0v) is 14.5. The normalized spacial score (nSPS) is 17.2. The third kappa shape index (κ3) is 3.34. The van der Waals surface area contributed by atoms with E-state index in [1.165, 1.54) is 15.6 Å². The van der Waals surface area contributed by atoms with E-state index in [0.717, 1.165) is 4.88 Å². The summed E-state index contributed by atoms with van der Waals surface area (Å²) in [5.74, 6) is -0.0822. The minimum Gasteiger partial charge on any atom is -0.357 e. The van der Waals surface area contributed by atoms with Crippen LogP contribution in [0.25, 0.3) is 0 Å². The topological polar surface area (TPSA) is 73.5 Å². The van der Waals surface area contributed by atoms with Crippen molar-refractivity contribution in [2.75, 3.05) is 26.2 Å². The molecule has 1 amide bonds. The second-order valence-electron chi connectivity index (χ2n) is 5.50. The lowest BCUT2D eigenvalue weighted by Gasteiger charge is -2.21. The Hall–Kier alpha value is -1.64. The van der Waals surface area contributed by atoms with Crippen molar-refractivity contribution in [1.82, 2.24) is 14.2 Å². The predicted octanol–water partition coefficient (Wildman–Crippen LogP) is 1.92. The third-order valence-corrected chi connectivity index (χ3v) is 7.25. The van der Waals surface area contributed by atoms with Gasteiger partial charge in [-0.05, 0) is 37.6 Å². The van der Waals surface area contributed by atoms with Crippen LogP contribution in [0.3, 0.4) is 0 Å². The van der Waals surface area contributed by atoms with Crippen LogP contribution in [0.2, 0.25) is 0 Å². The van der Waals surface area contributed by atoms with E-state index in [0.29, 0.717) is 42.5 Å². The Bertz CT molecular complexity index is 781. The summed E-state index contributed by atoms with van der Waals surface area (Å²) in [6.07, 6.45) is 2.34. The van der Waals surface area contributed by atoms with Crippen LogP contribution in [0.4, 0.5) is 0 Å². The average molecular weight is 353 g/mol. The molecule has 3 rings (SSSR count). The van der Waals surface area contributed by atoms with Crippen LogP contribution < -0.4 is 0 Å². The molecule has 23 heavy (non-hydrogen) atoms. The highest BCUT2D eigenvalue weighted by molar-refractivity contribution is 7.91. The smallest absolute Gasteiger partial charge is 0.270 e. The molecule has 0 aliphatic carbocycles. The van der Waals surface area contributed by atoms with Gasteiger partial charge in [0, 0.05) is 37.3 Å². The summed E-state index contributed by atoms with van der Waals surface area (Å²) in [6, 6.07) is 6.98. The maximum atomic E-state index is 12.7. The molecule has 124 valence electrons. The maximum Gasteiger partial charge on any atom is 0.270 e. The largest absolute Gasteiger partial charge is 0.357 e. The highest BCUT2D eigenvalue weighted by Crippen LogP contribution is 2.25. The quantitative estimate of drug-likeness (QED) is 0.916. The number of hydrogen-bond acceptors (Lipinski definition) is 4. The number of rotatable bonds is 3. The van der Waals surface area contributed by atoms with Crippen LogP contribution in [0.15, 0.2) is 34.7 Å². The number of sulfonamides is 1. The first-order chi connectivity index (χ1) is 11.0. The average Bonchev–Trinajstić information content (AvgIpc) is 3.13. The van der Waals surface area contributed by atoms with Crippen molar-refractivity contribution in [2.45, 2.75) is 17.6 Å². The third-order valence-electron chi connectivity index (χ3n) is 3.88. The molecule has 0 atom stereocenters. The summed E-state index contributed by atoms with van der Waals surface area (Å²) in [6.45, 7) is 3.62. The number of nitrogens with zero attached hydrogens (tertiary/aromatic N) is 2. The summed E-state index contributed by atoms with van der Waals surface area (Å²) in [5.41, 5.74) is 0.537. The molecule has 0 bridgehead atoms. The number of carbonyl (C=O) groups is 1. The van der Waals surface area contributed by atoms with Gasteiger partial charge in [-0.1, -0.05) is 0 Å². The maximum absolute atomic E-state index is 12.7. The molecule has 0 unspecified atom stereocenters. The van der Waals surface area contributed by atoms with E-state index in [4.69, 9.17) is 0 Å². The lowest BCUT2D eigenvalue weighted by atomic mass is 10.3. The molecule has 0 radical (unpaired) electrons. The number of carbonyl (C=O) groups excluding carboxylic acids is 1. The first-order valence-corrected chi connectivity index (χ1v) is 9.73. The van der Waals surface area contributed by atoms with Gasteiger partial charge in [0.2, 0.25) is 0 Å². The van der Waals surface area contributed by atoms with Gasteiger partial charge in [-0.15, -0.1) is 11.3 Å². The molecule has 8 heteroatoms. The molecule has 6 nitrogen and oxygen atoms in total. The first kappa shape index (κ1) is 16.2. The van der Waals surface area contributed by atoms with Gasteiger partial charge in [-0.25, -0.2) is 8.42 Å². The molecular weight excluding hydrogens is 334 g/mol. The predicted molar refractivity (Wildman–Crippen MR) is 89.1 cm³/mol. The number of amides is 1. The molecule has 2 aromatic heterocycles. The van der Waals surface area contributed by atoms with Gasteiger partial charge < -0.3 is 9.88 Å². The fourth-order valence-electron chi connectivity index (χ4n) is 2.65. The van der Waals surface area contributed by atoms with Crippen LogP contribution in [-0.4, -0.2) is 54.7 Å². The van der Waals surface area contributed by atoms with E-state index in [2.05, 4.69) is 4.98 Å². The summed E-state index contributed by atoms with van der Waals surface area (Å²) < 4.78 is 27.2. The van der Waals surface area contributed by atoms with Gasteiger partial charge >= 0.3 is 0 Å². The summed E-state index contributed by atoms with van der Waals surface area (Å²) in [4.78, 5) is 18.0. The molecule has 0 saturated carbocycles. The van der Waals surface area contributed by atoms with Gasteiger partial charge in [0.1, 0.15) is 9.90 Å². The molecule has 0 aromatic carbocycles. The van der Waals surface area contributed by atoms with E-state index in [-0.39, 0.29) is 5.91 Å². The summed E-state index contributed by atoms with van der Waals surface area (Å²) >= 11 is 1.29. The standard InChI is InChI=1S/C15H19N3O3S2/c1-12-5-6-14(22-12)23(20,21)18-9-3-8-17(10-11-18)15(19)13-4-2-7-16-13/h2,4-7,16H,3,8-11H2,1H3. The first-order valence-electron chi connectivity index (χ1n) is 7.48. The number of aromatic nitrogens is 1. The van der Waals surface area contributed by atoms with E-state index < -0.39 is 10.0 Å². The van der Waals surface area contributed by atoms with E-state index >= 15 is 0 Å². The Morgan fingerprint density at radius 1 is 1.17 bits per heavy atom. The van der Waals surface area contributed by atoms with Crippen molar-refractivity contribution in [3.05, 3.63) is 41.0 Å². The van der Waals surface area contributed by atoms with Crippen molar-refractivity contribution in [3.63, 3.8) is 0 Å². The highest BCUT2D eigenvalue weighted by atomic mass is 32.2. The summed E-state index contributed by atoms with van der Waals surface area (Å²) in [7, 11) is -3.46. The molecular formula is C15H19N3O3S2. The fourth-order valence-corrected chi connectivity index (χ4v) is 5.56. The van der Waals surface area contributed by atoms with Crippen LogP contribution in [0.5, 0.6) is 0 Å². The molecule has 1 saturated heterocycles. The number of nitrogens with one attached hydrogen (secondary N) is 1. The van der Waals surface area contributed by atoms with Crippen molar-refractivity contribution in [1.29, 1.82) is 0 Å². The zero-order chi connectivity index (χ0) is 16.4. The second kappa shape index (κ2) is 6.46. The monoisotopic (exact) mass is 353 g/mol. The molecule has 0 spiro atoms. The number of aryl methyl sites for hydroxylation is 1. The molecule has 2 aromatic rings. The van der Waals surface area contributed by atoms with Crippen molar-refractivity contribution in [3.8, 4) is 0 Å². The number of H-pyrrole nitrogens is 1. The Kier molecular flexibility index (Phi) is 4.56. The molecule has 3 heterocycles. The SMILES string of the molecule is Cc1ccc(S(=O)(=O)N2CCCN(C(=O)c3ccc[nH]3)CC2)s1. The fraction of sp³-hybridized carbons (Fsp3) is 0.400. The number of hydrogen-bond donors (Lipinski definition) is 1. The Labute approximate surface area is 139 Å². The van der Waals surface area contributed by atoms with Crippen LogP contribution in [0, 0.1) is 6.92 Å². The van der Waals surface area contributed by atoms with Gasteiger partial charge in [0.05, 0.1) is 0 Å². The minimum absolute atomic E-state index is 0.0822. The Morgan fingerprint density at radius 3 is 2.65 bits per heavy atom. The lowest BCUT2D eigenvalue weighted by Crippen LogP contribution is -2.37. The van der Waals surface area contributed by atoms with Gasteiger partial charge in [0.25, 0.3) is 15.9 Å². The van der Waals surface area contributed by atoms with Crippen molar-refractivity contribution in [2.24, 2.45) is 0 Å². The summed E-state index contributed by atoms with van der Waals surface area (Å²) in [5, 5.41) is 0. The van der Waals surface area contributed by atoms with Gasteiger partial charge in [-0.2, -0.15) is 4.31 Å². The second-order valence-corrected chi connectivity index (χ2v) is 8.95. The van der Waals surface area contributed by atoms with Crippen LogP contribution in [-0.2, 0) is 10.0 Å². The zero-order valence-electron chi connectivity index (χ0n) is 12.9.